The fourth-order valence-corrected chi connectivity index (χ4v) is 3.10. The highest BCUT2D eigenvalue weighted by Gasteiger charge is 2.29. The largest absolute Gasteiger partial charge is 0.466 e. The van der Waals surface area contributed by atoms with Gasteiger partial charge in [0.25, 0.3) is 0 Å². The lowest BCUT2D eigenvalue weighted by atomic mass is 9.82. The molecule has 0 heterocycles. The third kappa shape index (κ3) is 4.50. The normalized spacial score (nSPS) is 11.6. The van der Waals surface area contributed by atoms with Crippen molar-refractivity contribution in [1.82, 2.24) is 0 Å². The van der Waals surface area contributed by atoms with Crippen molar-refractivity contribution in [2.75, 3.05) is 7.11 Å². The van der Waals surface area contributed by atoms with Crippen molar-refractivity contribution in [3.63, 3.8) is 0 Å². The molecule has 1 unspecified atom stereocenters. The number of rotatable bonds is 5. The van der Waals surface area contributed by atoms with E-state index in [1.165, 1.54) is 7.11 Å². The van der Waals surface area contributed by atoms with Gasteiger partial charge in [0.15, 0.2) is 0 Å². The van der Waals surface area contributed by atoms with E-state index < -0.39 is 11.9 Å². The molecule has 0 bridgehead atoms. The molecule has 1 N–H and O–H groups in total. The third-order valence-electron chi connectivity index (χ3n) is 3.84. The summed E-state index contributed by atoms with van der Waals surface area (Å²) < 4.78 is 4.96. The Morgan fingerprint density at radius 2 is 1.64 bits per heavy atom. The summed E-state index contributed by atoms with van der Waals surface area (Å²) >= 11 is 12.2. The number of allylic oxidation sites excluding steroid dienone is 1. The van der Waals surface area contributed by atoms with Crippen molar-refractivity contribution in [2.45, 2.75) is 19.8 Å². The highest BCUT2D eigenvalue weighted by molar-refractivity contribution is 6.31. The summed E-state index contributed by atoms with van der Waals surface area (Å²) in [5, 5.41) is 9.81. The van der Waals surface area contributed by atoms with Gasteiger partial charge in [-0.3, -0.25) is 0 Å². The fraction of sp³-hybridized carbons (Fsp3) is 0.200. The Balaban J connectivity index is 2.66. The van der Waals surface area contributed by atoms with Crippen LogP contribution in [0, 0.1) is 5.41 Å². The van der Waals surface area contributed by atoms with Crippen LogP contribution in [0.3, 0.4) is 0 Å². The zero-order valence-electron chi connectivity index (χ0n) is 14.3. The van der Waals surface area contributed by atoms with Crippen molar-refractivity contribution in [2.24, 2.45) is 0 Å². The summed E-state index contributed by atoms with van der Waals surface area (Å²) in [6.45, 7) is 3.66. The summed E-state index contributed by atoms with van der Waals surface area (Å²) in [6.07, 6.45) is 0. The van der Waals surface area contributed by atoms with E-state index in [-0.39, 0.29) is 5.71 Å². The lowest BCUT2D eigenvalue weighted by Gasteiger charge is -2.22. The maximum Gasteiger partial charge on any atom is 0.334 e. The molecule has 0 spiro atoms. The molecule has 130 valence electrons. The monoisotopic (exact) mass is 375 g/mol. The number of hydrogen-bond acceptors (Lipinski definition) is 3. The molecule has 0 radical (unpaired) electrons. The highest BCUT2D eigenvalue weighted by atomic mass is 35.5. The Morgan fingerprint density at radius 3 is 2.16 bits per heavy atom. The molecule has 0 aliphatic rings. The minimum Gasteiger partial charge on any atom is -0.466 e. The van der Waals surface area contributed by atoms with Crippen LogP contribution in [0.15, 0.2) is 59.7 Å². The molecular formula is C20H19Cl2NO2. The molecule has 5 heteroatoms. The highest BCUT2D eigenvalue weighted by Crippen LogP contribution is 2.33. The Kier molecular flexibility index (Phi) is 6.40. The molecule has 0 aliphatic heterocycles. The summed E-state index contributed by atoms with van der Waals surface area (Å²) in [5.74, 6) is -1.06. The van der Waals surface area contributed by atoms with E-state index in [2.05, 4.69) is 0 Å². The summed E-state index contributed by atoms with van der Waals surface area (Å²) in [5.41, 5.74) is 2.85. The molecular weight excluding hydrogens is 357 g/mol. The molecule has 0 fully saturated rings. The van der Waals surface area contributed by atoms with Crippen molar-refractivity contribution >= 4 is 34.9 Å². The van der Waals surface area contributed by atoms with Crippen LogP contribution in [0.5, 0.6) is 0 Å². The predicted molar refractivity (Wildman–Crippen MR) is 103 cm³/mol. The zero-order valence-corrected chi connectivity index (χ0v) is 15.8. The van der Waals surface area contributed by atoms with E-state index in [1.54, 1.807) is 42.5 Å². The third-order valence-corrected chi connectivity index (χ3v) is 4.31. The van der Waals surface area contributed by atoms with Gasteiger partial charge >= 0.3 is 5.97 Å². The van der Waals surface area contributed by atoms with E-state index >= 15 is 0 Å². The first-order chi connectivity index (χ1) is 11.8. The second-order valence-corrected chi connectivity index (χ2v) is 6.69. The van der Waals surface area contributed by atoms with Crippen molar-refractivity contribution in [3.8, 4) is 0 Å². The summed E-state index contributed by atoms with van der Waals surface area (Å²) in [7, 11) is 1.34. The van der Waals surface area contributed by atoms with Crippen molar-refractivity contribution in [3.05, 3.63) is 80.8 Å². The van der Waals surface area contributed by atoms with Gasteiger partial charge in [-0.05, 0) is 49.2 Å². The van der Waals surface area contributed by atoms with E-state index in [0.717, 1.165) is 11.1 Å². The van der Waals surface area contributed by atoms with Gasteiger partial charge in [0.05, 0.1) is 18.7 Å². The van der Waals surface area contributed by atoms with Gasteiger partial charge in [-0.15, -0.1) is 0 Å². The van der Waals surface area contributed by atoms with Crippen LogP contribution < -0.4 is 0 Å². The lowest BCUT2D eigenvalue weighted by molar-refractivity contribution is -0.136. The molecule has 0 saturated carbocycles. The molecule has 3 nitrogen and oxygen atoms in total. The van der Waals surface area contributed by atoms with Crippen LogP contribution in [0.25, 0.3) is 0 Å². The first kappa shape index (κ1) is 19.2. The number of benzene rings is 2. The Labute approximate surface area is 157 Å². The van der Waals surface area contributed by atoms with Gasteiger partial charge in [0.2, 0.25) is 0 Å². The number of hydrogen-bond donors (Lipinski definition) is 1. The van der Waals surface area contributed by atoms with E-state index in [0.29, 0.717) is 21.2 Å². The minimum absolute atomic E-state index is 0.256. The molecule has 2 aromatic rings. The second-order valence-electron chi connectivity index (χ2n) is 5.82. The number of halogens is 2. The Hall–Kier alpha value is -2.10. The molecule has 2 rings (SSSR count). The molecule has 25 heavy (non-hydrogen) atoms. The topological polar surface area (TPSA) is 50.2 Å². The average Bonchev–Trinajstić information content (AvgIpc) is 2.58. The molecule has 0 aromatic heterocycles. The maximum absolute atomic E-state index is 12.4. The predicted octanol–water partition coefficient (Wildman–Crippen LogP) is 5.65. The van der Waals surface area contributed by atoms with Crippen LogP contribution in [0.4, 0.5) is 0 Å². The Morgan fingerprint density at radius 1 is 1.04 bits per heavy atom. The standard InChI is InChI=1S/C20H19Cl2NO2/c1-12(2)17(20(24)25-3)18(13-6-4-8-15(21)10-13)19(23)14-7-5-9-16(22)11-14/h4-11,18,23H,1-3H3. The minimum atomic E-state index is -0.602. The van der Waals surface area contributed by atoms with Gasteiger partial charge < -0.3 is 10.1 Å². The van der Waals surface area contributed by atoms with Crippen LogP contribution in [0.2, 0.25) is 10.0 Å². The van der Waals surface area contributed by atoms with Gasteiger partial charge in [0.1, 0.15) is 0 Å². The van der Waals surface area contributed by atoms with E-state index in [9.17, 15) is 4.79 Å². The SMILES string of the molecule is COC(=O)C(=C(C)C)C(C(=N)c1cccc(Cl)c1)c1cccc(Cl)c1. The lowest BCUT2D eigenvalue weighted by Crippen LogP contribution is -2.22. The van der Waals surface area contributed by atoms with Gasteiger partial charge in [-0.1, -0.05) is 53.0 Å². The first-order valence-corrected chi connectivity index (χ1v) is 8.46. The van der Waals surface area contributed by atoms with Crippen LogP contribution in [-0.4, -0.2) is 18.8 Å². The zero-order chi connectivity index (χ0) is 18.6. The smallest absolute Gasteiger partial charge is 0.334 e. The molecule has 2 aromatic carbocycles. The quantitative estimate of drug-likeness (QED) is 0.416. The number of methoxy groups -OCH3 is 1. The summed E-state index contributed by atoms with van der Waals surface area (Å²) in [6, 6.07) is 14.2. The van der Waals surface area contributed by atoms with Crippen LogP contribution in [-0.2, 0) is 9.53 Å². The van der Waals surface area contributed by atoms with Gasteiger partial charge in [-0.25, -0.2) is 4.79 Å². The van der Waals surface area contributed by atoms with Gasteiger partial charge in [0, 0.05) is 15.6 Å². The van der Waals surface area contributed by atoms with Gasteiger partial charge in [-0.2, -0.15) is 0 Å². The molecule has 0 aliphatic carbocycles. The fourth-order valence-electron chi connectivity index (χ4n) is 2.71. The summed E-state index contributed by atoms with van der Waals surface area (Å²) in [4.78, 5) is 12.4. The molecule has 1 atom stereocenters. The van der Waals surface area contributed by atoms with E-state index in [1.807, 2.05) is 19.9 Å². The second kappa shape index (κ2) is 8.32. The molecule has 0 saturated heterocycles. The number of nitrogens with one attached hydrogen (secondary N) is 1. The maximum atomic E-state index is 12.4. The van der Waals surface area contributed by atoms with Crippen LogP contribution >= 0.6 is 23.2 Å². The van der Waals surface area contributed by atoms with Crippen LogP contribution in [0.1, 0.15) is 30.9 Å². The number of carbonyl (C=O) groups excluding carboxylic acids is 1. The average molecular weight is 376 g/mol. The van der Waals surface area contributed by atoms with Crippen molar-refractivity contribution in [1.29, 1.82) is 5.41 Å². The number of ether oxygens (including phenoxy) is 1. The molecule has 0 amide bonds. The number of esters is 1. The van der Waals surface area contributed by atoms with E-state index in [4.69, 9.17) is 33.3 Å². The van der Waals surface area contributed by atoms with Crippen molar-refractivity contribution < 1.29 is 9.53 Å². The Bertz CT molecular complexity index is 839. The first-order valence-electron chi connectivity index (χ1n) is 7.70. The number of carbonyl (C=O) groups is 1.